The number of aromatic nitrogens is 2. The summed E-state index contributed by atoms with van der Waals surface area (Å²) < 4.78 is 19.6. The molecule has 1 aromatic carbocycles. The zero-order valence-electron chi connectivity index (χ0n) is 20.1. The number of imidazole rings is 1. The van der Waals surface area contributed by atoms with E-state index >= 15 is 0 Å². The van der Waals surface area contributed by atoms with Crippen LogP contribution >= 0.6 is 0 Å². The zero-order chi connectivity index (χ0) is 25.2. The molecule has 3 heterocycles. The van der Waals surface area contributed by atoms with Crippen molar-refractivity contribution in [2.45, 2.75) is 32.9 Å². The van der Waals surface area contributed by atoms with E-state index in [1.54, 1.807) is 26.4 Å². The average molecular weight is 480 g/mol. The molecule has 2 aliphatic rings. The Kier molecular flexibility index (Phi) is 9.00. The third-order valence-corrected chi connectivity index (χ3v) is 5.35. The summed E-state index contributed by atoms with van der Waals surface area (Å²) in [6.07, 6.45) is 14.4. The second kappa shape index (κ2) is 12.4. The van der Waals surface area contributed by atoms with Crippen LogP contribution in [-0.4, -0.2) is 51.6 Å². The molecule has 184 valence electrons. The number of hydrogen-bond acceptors (Lipinski definition) is 7. The van der Waals surface area contributed by atoms with Crippen molar-refractivity contribution in [1.29, 1.82) is 0 Å². The molecule has 1 N–H and O–H groups in total. The summed E-state index contributed by atoms with van der Waals surface area (Å²) in [5, 5.41) is 16.0. The van der Waals surface area contributed by atoms with E-state index in [-0.39, 0.29) is 5.83 Å². The van der Waals surface area contributed by atoms with Gasteiger partial charge in [-0.2, -0.15) is 0 Å². The van der Waals surface area contributed by atoms with Crippen molar-refractivity contribution < 1.29 is 19.2 Å². The minimum absolute atomic E-state index is 0.232. The van der Waals surface area contributed by atoms with E-state index in [0.29, 0.717) is 0 Å². The van der Waals surface area contributed by atoms with Gasteiger partial charge in [0, 0.05) is 12.7 Å². The molecule has 0 unspecified atom stereocenters. The van der Waals surface area contributed by atoms with Crippen LogP contribution < -0.4 is 4.74 Å². The normalized spacial score (nSPS) is 18.8. The second-order valence-electron chi connectivity index (χ2n) is 7.76. The van der Waals surface area contributed by atoms with Crippen molar-refractivity contribution in [3.05, 3.63) is 84.3 Å². The molecule has 1 atom stereocenters. The molecule has 0 bridgehead atoms. The molecule has 0 radical (unpaired) electrons. The van der Waals surface area contributed by atoms with E-state index in [1.165, 1.54) is 24.4 Å². The summed E-state index contributed by atoms with van der Waals surface area (Å²) in [4.78, 5) is 11.6. The Labute approximate surface area is 204 Å². The SMILES string of the molecule is C=C/C=C\C(F)=C/C.COc1cc(/C=C2\CCCN3C2=NO[C@H]3/C=N/O)ccc1-n1cnc(C)c1. The van der Waals surface area contributed by atoms with Gasteiger partial charge in [0.05, 0.1) is 24.8 Å². The van der Waals surface area contributed by atoms with Gasteiger partial charge in [-0.25, -0.2) is 9.37 Å². The average Bonchev–Trinajstić information content (AvgIpc) is 3.50. The van der Waals surface area contributed by atoms with E-state index in [9.17, 15) is 4.39 Å². The number of benzene rings is 1. The maximum Gasteiger partial charge on any atom is 0.240 e. The first kappa shape index (κ1) is 25.5. The molecule has 1 saturated heterocycles. The van der Waals surface area contributed by atoms with Crippen molar-refractivity contribution in [2.75, 3.05) is 13.7 Å². The summed E-state index contributed by atoms with van der Waals surface area (Å²) in [5.41, 5.74) is 3.99. The van der Waals surface area contributed by atoms with Crippen LogP contribution in [0.3, 0.4) is 0 Å². The van der Waals surface area contributed by atoms with Crippen LogP contribution in [-0.2, 0) is 4.84 Å². The third-order valence-electron chi connectivity index (χ3n) is 5.35. The zero-order valence-corrected chi connectivity index (χ0v) is 20.1. The number of ether oxygens (including phenoxy) is 1. The van der Waals surface area contributed by atoms with Gasteiger partial charge in [-0.3, -0.25) is 0 Å². The largest absolute Gasteiger partial charge is 0.495 e. The Morgan fingerprint density at radius 3 is 2.89 bits per heavy atom. The molecule has 8 nitrogen and oxygen atoms in total. The molecular formula is C26H30FN5O3. The van der Waals surface area contributed by atoms with Crippen LogP contribution in [0.2, 0.25) is 0 Å². The number of rotatable bonds is 6. The quantitative estimate of drug-likeness (QED) is 0.260. The highest BCUT2D eigenvalue weighted by molar-refractivity contribution is 6.04. The number of methoxy groups -OCH3 is 1. The smallest absolute Gasteiger partial charge is 0.240 e. The number of fused-ring (bicyclic) bond motifs is 1. The Morgan fingerprint density at radius 2 is 2.23 bits per heavy atom. The summed E-state index contributed by atoms with van der Waals surface area (Å²) in [6.45, 7) is 7.80. The molecule has 0 aliphatic carbocycles. The Morgan fingerprint density at radius 1 is 1.40 bits per heavy atom. The number of aryl methyl sites for hydroxylation is 1. The van der Waals surface area contributed by atoms with E-state index in [2.05, 4.69) is 28.0 Å². The number of oxime groups is 2. The van der Waals surface area contributed by atoms with Gasteiger partial charge in [-0.15, -0.1) is 0 Å². The van der Waals surface area contributed by atoms with Crippen molar-refractivity contribution in [2.24, 2.45) is 10.3 Å². The fourth-order valence-electron chi connectivity index (χ4n) is 3.67. The Balaban J connectivity index is 0.000000371. The maximum atomic E-state index is 12.0. The molecule has 9 heteroatoms. The van der Waals surface area contributed by atoms with Gasteiger partial charge in [-0.05, 0) is 62.1 Å². The predicted octanol–water partition coefficient (Wildman–Crippen LogP) is 5.40. The molecular weight excluding hydrogens is 449 g/mol. The van der Waals surface area contributed by atoms with Gasteiger partial charge in [0.25, 0.3) is 0 Å². The van der Waals surface area contributed by atoms with Crippen LogP contribution in [0.15, 0.2) is 83.3 Å². The minimum atomic E-state index is -0.449. The van der Waals surface area contributed by atoms with E-state index in [1.807, 2.05) is 40.8 Å². The maximum absolute atomic E-state index is 12.0. The minimum Gasteiger partial charge on any atom is -0.495 e. The van der Waals surface area contributed by atoms with E-state index in [4.69, 9.17) is 14.8 Å². The van der Waals surface area contributed by atoms with Crippen molar-refractivity contribution in [3.8, 4) is 11.4 Å². The first-order valence-corrected chi connectivity index (χ1v) is 11.2. The summed E-state index contributed by atoms with van der Waals surface area (Å²) in [5.74, 6) is 1.33. The third kappa shape index (κ3) is 6.47. The Bertz CT molecular complexity index is 1180. The highest BCUT2D eigenvalue weighted by Crippen LogP contribution is 2.30. The fourth-order valence-corrected chi connectivity index (χ4v) is 3.67. The van der Waals surface area contributed by atoms with Gasteiger partial charge < -0.3 is 24.2 Å². The predicted molar refractivity (Wildman–Crippen MR) is 136 cm³/mol. The lowest BCUT2D eigenvalue weighted by Gasteiger charge is -2.28. The molecule has 4 rings (SSSR count). The van der Waals surface area contributed by atoms with Crippen LogP contribution in [0.1, 0.15) is 31.0 Å². The van der Waals surface area contributed by atoms with Gasteiger partial charge in [0.15, 0.2) is 5.84 Å². The topological polar surface area (TPSA) is 84.5 Å². The first-order valence-electron chi connectivity index (χ1n) is 11.2. The molecule has 35 heavy (non-hydrogen) atoms. The number of halogens is 1. The Hall–Kier alpha value is -4.14. The van der Waals surface area contributed by atoms with Crippen LogP contribution in [0, 0.1) is 6.92 Å². The van der Waals surface area contributed by atoms with Crippen LogP contribution in [0.4, 0.5) is 4.39 Å². The fraction of sp³-hybridized carbons (Fsp3) is 0.269. The van der Waals surface area contributed by atoms with Gasteiger partial charge in [-0.1, -0.05) is 41.2 Å². The number of piperidine rings is 1. The molecule has 0 amide bonds. The lowest BCUT2D eigenvalue weighted by Crippen LogP contribution is -2.41. The standard InChI is InChI=1S/C19H21N5O3.C7H9F/c1-13-11-23(12-20-13)16-6-5-14(9-17(16)26-2)8-15-4-3-7-24-18(10-21-25)27-22-19(15)24;1-3-5-6-7(8)4-2/h5-6,8-12,18,25H,3-4,7H2,1-2H3;3-6H,1H2,2H3/b15-8+,21-10+;6-5-,7-4+/t18-;/m0./s1. The molecule has 0 spiro atoms. The number of amidine groups is 1. The van der Waals surface area contributed by atoms with Crippen molar-refractivity contribution in [1.82, 2.24) is 14.5 Å². The van der Waals surface area contributed by atoms with Crippen LogP contribution in [0.5, 0.6) is 5.75 Å². The number of allylic oxidation sites excluding steroid dienone is 5. The van der Waals surface area contributed by atoms with Crippen molar-refractivity contribution in [3.63, 3.8) is 0 Å². The highest BCUT2D eigenvalue weighted by Gasteiger charge is 2.33. The lowest BCUT2D eigenvalue weighted by molar-refractivity contribution is 0.0623. The van der Waals surface area contributed by atoms with Gasteiger partial charge in [0.2, 0.25) is 6.23 Å². The second-order valence-corrected chi connectivity index (χ2v) is 7.76. The number of hydrogen-bond donors (Lipinski definition) is 1. The van der Waals surface area contributed by atoms with Gasteiger partial charge >= 0.3 is 0 Å². The molecule has 2 aromatic rings. The molecule has 1 aromatic heterocycles. The monoisotopic (exact) mass is 479 g/mol. The molecule has 1 fully saturated rings. The van der Waals surface area contributed by atoms with E-state index < -0.39 is 6.23 Å². The number of nitrogens with zero attached hydrogens (tertiary/aromatic N) is 5. The molecule has 0 saturated carbocycles. The first-order chi connectivity index (χ1) is 17.0. The van der Waals surface area contributed by atoms with Crippen LogP contribution in [0.25, 0.3) is 11.8 Å². The highest BCUT2D eigenvalue weighted by atomic mass is 19.1. The summed E-state index contributed by atoms with van der Waals surface area (Å²) >= 11 is 0. The molecule has 2 aliphatic heterocycles. The summed E-state index contributed by atoms with van der Waals surface area (Å²) in [6, 6.07) is 6.06. The van der Waals surface area contributed by atoms with E-state index in [0.717, 1.165) is 53.5 Å². The summed E-state index contributed by atoms with van der Waals surface area (Å²) in [7, 11) is 1.66. The van der Waals surface area contributed by atoms with Crippen molar-refractivity contribution >= 4 is 18.1 Å². The lowest BCUT2D eigenvalue weighted by atomic mass is 10.00. The van der Waals surface area contributed by atoms with Gasteiger partial charge in [0.1, 0.15) is 17.8 Å².